The van der Waals surface area contributed by atoms with Crippen molar-refractivity contribution < 1.29 is 14.1 Å². The summed E-state index contributed by atoms with van der Waals surface area (Å²) in [4.78, 5) is 15.5. The fourth-order valence-electron chi connectivity index (χ4n) is 4.12. The zero-order chi connectivity index (χ0) is 19.1. The Morgan fingerprint density at radius 3 is 2.82 bits per heavy atom. The predicted molar refractivity (Wildman–Crippen MR) is 107 cm³/mol. The lowest BCUT2D eigenvalue weighted by Crippen LogP contribution is -2.42. The van der Waals surface area contributed by atoms with E-state index in [1.165, 1.54) is 5.56 Å². The lowest BCUT2D eigenvalue weighted by Gasteiger charge is -2.32. The Labute approximate surface area is 163 Å². The van der Waals surface area contributed by atoms with Gasteiger partial charge in [0.1, 0.15) is 5.75 Å². The van der Waals surface area contributed by atoms with Gasteiger partial charge in [0.2, 0.25) is 5.91 Å². The Kier molecular flexibility index (Phi) is 3.97. The van der Waals surface area contributed by atoms with Gasteiger partial charge >= 0.3 is 0 Å². The van der Waals surface area contributed by atoms with Gasteiger partial charge in [-0.25, -0.2) is 0 Å². The number of anilines is 1. The average Bonchev–Trinajstić information content (AvgIpc) is 3.42. The van der Waals surface area contributed by atoms with Crippen LogP contribution in [0.5, 0.6) is 5.75 Å². The van der Waals surface area contributed by atoms with Crippen molar-refractivity contribution in [1.29, 1.82) is 0 Å². The van der Waals surface area contributed by atoms with Gasteiger partial charge in [0.05, 0.1) is 18.2 Å². The number of para-hydroxylation sites is 1. The second kappa shape index (κ2) is 6.51. The first-order chi connectivity index (χ1) is 13.7. The molecule has 3 aromatic rings. The number of amides is 1. The maximum Gasteiger partial charge on any atom is 0.239 e. The van der Waals surface area contributed by atoms with Crippen molar-refractivity contribution in [2.45, 2.75) is 31.1 Å². The molecule has 1 saturated carbocycles. The largest absolute Gasteiger partial charge is 0.497 e. The zero-order valence-corrected chi connectivity index (χ0v) is 15.9. The number of benzene rings is 2. The van der Waals surface area contributed by atoms with E-state index < -0.39 is 5.41 Å². The van der Waals surface area contributed by atoms with Crippen LogP contribution in [0.4, 0.5) is 5.69 Å². The number of hydrogen-bond acceptors (Lipinski definition) is 4. The Balaban J connectivity index is 1.46. The van der Waals surface area contributed by atoms with Gasteiger partial charge in [0, 0.05) is 23.9 Å². The summed E-state index contributed by atoms with van der Waals surface area (Å²) in [6.07, 6.45) is 3.65. The molecule has 0 radical (unpaired) electrons. The summed E-state index contributed by atoms with van der Waals surface area (Å²) < 4.78 is 10.9. The van der Waals surface area contributed by atoms with Crippen LogP contribution >= 0.6 is 0 Å². The number of nitrogens with zero attached hydrogens (tertiary/aromatic N) is 2. The van der Waals surface area contributed by atoms with Crippen molar-refractivity contribution in [2.75, 3.05) is 18.6 Å². The fraction of sp³-hybridized carbons (Fsp3) is 0.304. The molecule has 1 aliphatic heterocycles. The van der Waals surface area contributed by atoms with Crippen molar-refractivity contribution >= 4 is 11.6 Å². The quantitative estimate of drug-likeness (QED) is 0.681. The van der Waals surface area contributed by atoms with Crippen molar-refractivity contribution in [1.82, 2.24) is 5.16 Å². The monoisotopic (exact) mass is 374 g/mol. The van der Waals surface area contributed by atoms with E-state index in [-0.39, 0.29) is 5.91 Å². The van der Waals surface area contributed by atoms with Gasteiger partial charge in [0.25, 0.3) is 0 Å². The summed E-state index contributed by atoms with van der Waals surface area (Å²) >= 11 is 0. The van der Waals surface area contributed by atoms with E-state index in [1.807, 2.05) is 53.4 Å². The van der Waals surface area contributed by atoms with Gasteiger partial charge in [-0.3, -0.25) is 4.79 Å². The van der Waals surface area contributed by atoms with Crippen molar-refractivity contribution in [3.8, 4) is 17.1 Å². The molecule has 1 amide bonds. The summed E-state index contributed by atoms with van der Waals surface area (Å²) in [6.45, 7) is 0.762. The van der Waals surface area contributed by atoms with Crippen molar-refractivity contribution in [2.24, 2.45) is 0 Å². The van der Waals surface area contributed by atoms with Crippen LogP contribution in [0, 0.1) is 0 Å². The Morgan fingerprint density at radius 2 is 2.00 bits per heavy atom. The number of carbonyl (C=O) groups excluding carboxylic acids is 1. The Morgan fingerprint density at radius 1 is 1.14 bits per heavy atom. The number of ether oxygens (including phenoxy) is 1. The summed E-state index contributed by atoms with van der Waals surface area (Å²) in [7, 11) is 1.64. The molecule has 2 heterocycles. The molecule has 1 aromatic heterocycles. The van der Waals surface area contributed by atoms with Crippen molar-refractivity contribution in [3.63, 3.8) is 0 Å². The van der Waals surface area contributed by atoms with Crippen LogP contribution in [0.1, 0.15) is 30.5 Å². The molecule has 142 valence electrons. The normalized spacial score (nSPS) is 17.1. The number of methoxy groups -OCH3 is 1. The molecule has 2 aliphatic rings. The molecule has 5 nitrogen and oxygen atoms in total. The van der Waals surface area contributed by atoms with E-state index >= 15 is 0 Å². The summed E-state index contributed by atoms with van der Waals surface area (Å²) in [5.74, 6) is 1.56. The van der Waals surface area contributed by atoms with E-state index in [2.05, 4.69) is 11.2 Å². The van der Waals surface area contributed by atoms with Gasteiger partial charge in [-0.1, -0.05) is 35.5 Å². The highest BCUT2D eigenvalue weighted by Crippen LogP contribution is 2.51. The molecule has 0 bridgehead atoms. The number of rotatable bonds is 4. The third kappa shape index (κ3) is 2.70. The average molecular weight is 374 g/mol. The molecule has 2 aromatic carbocycles. The highest BCUT2D eigenvalue weighted by Gasteiger charge is 2.56. The fourth-order valence-corrected chi connectivity index (χ4v) is 4.12. The van der Waals surface area contributed by atoms with E-state index in [0.29, 0.717) is 5.76 Å². The molecular formula is C23H22N2O3. The van der Waals surface area contributed by atoms with E-state index in [9.17, 15) is 4.79 Å². The molecule has 1 fully saturated rings. The number of carbonyl (C=O) groups is 1. The molecule has 0 saturated heterocycles. The zero-order valence-electron chi connectivity index (χ0n) is 15.9. The minimum absolute atomic E-state index is 0.144. The SMILES string of the molecule is COc1cccc(-c2cc(C3(C(=O)N4CCCc5ccccc54)CC3)no2)c1. The smallest absolute Gasteiger partial charge is 0.239 e. The summed E-state index contributed by atoms with van der Waals surface area (Å²) in [5.41, 5.74) is 3.37. The highest BCUT2D eigenvalue weighted by molar-refractivity contribution is 6.03. The lowest BCUT2D eigenvalue weighted by atomic mass is 9.95. The van der Waals surface area contributed by atoms with Crippen LogP contribution in [-0.2, 0) is 16.6 Å². The Hall–Kier alpha value is -3.08. The number of aryl methyl sites for hydroxylation is 1. The van der Waals surface area contributed by atoms with Crippen LogP contribution < -0.4 is 9.64 Å². The highest BCUT2D eigenvalue weighted by atomic mass is 16.5. The predicted octanol–water partition coefficient (Wildman–Crippen LogP) is 4.36. The first kappa shape index (κ1) is 17.0. The first-order valence-electron chi connectivity index (χ1n) is 9.73. The molecule has 0 unspecified atom stereocenters. The molecule has 0 atom stereocenters. The summed E-state index contributed by atoms with van der Waals surface area (Å²) in [6, 6.07) is 17.8. The van der Waals surface area contributed by atoms with Gasteiger partial charge in [-0.15, -0.1) is 0 Å². The van der Waals surface area contributed by atoms with Gasteiger partial charge < -0.3 is 14.2 Å². The third-order valence-corrected chi connectivity index (χ3v) is 5.87. The van der Waals surface area contributed by atoms with Gasteiger partial charge in [0.15, 0.2) is 5.76 Å². The molecule has 5 rings (SSSR count). The molecule has 0 spiro atoms. The molecule has 1 aliphatic carbocycles. The minimum Gasteiger partial charge on any atom is -0.497 e. The second-order valence-corrected chi connectivity index (χ2v) is 7.58. The maximum absolute atomic E-state index is 13.5. The van der Waals surface area contributed by atoms with Crippen LogP contribution in [0.15, 0.2) is 59.1 Å². The van der Waals surface area contributed by atoms with E-state index in [4.69, 9.17) is 9.26 Å². The standard InChI is InChI=1S/C23H22N2O3/c1-27-18-9-4-7-17(14-18)20-15-21(24-28-20)23(11-12-23)22(26)25-13-5-8-16-6-2-3-10-19(16)25/h2-4,6-7,9-10,14-15H,5,8,11-13H2,1H3. The van der Waals surface area contributed by atoms with Crippen LogP contribution in [-0.4, -0.2) is 24.7 Å². The summed E-state index contributed by atoms with van der Waals surface area (Å²) in [5, 5.41) is 4.29. The number of aromatic nitrogens is 1. The Bertz CT molecular complexity index is 1040. The third-order valence-electron chi connectivity index (χ3n) is 5.87. The molecule has 0 N–H and O–H groups in total. The minimum atomic E-state index is -0.551. The molecule has 5 heteroatoms. The maximum atomic E-state index is 13.5. The molecular weight excluding hydrogens is 352 g/mol. The van der Waals surface area contributed by atoms with Gasteiger partial charge in [-0.2, -0.15) is 0 Å². The second-order valence-electron chi connectivity index (χ2n) is 7.58. The topological polar surface area (TPSA) is 55.6 Å². The van der Waals surface area contributed by atoms with Crippen LogP contribution in [0.2, 0.25) is 0 Å². The van der Waals surface area contributed by atoms with Crippen LogP contribution in [0.25, 0.3) is 11.3 Å². The molecule has 28 heavy (non-hydrogen) atoms. The van der Waals surface area contributed by atoms with Crippen LogP contribution in [0.3, 0.4) is 0 Å². The lowest BCUT2D eigenvalue weighted by molar-refractivity contribution is -0.121. The van der Waals surface area contributed by atoms with E-state index in [1.54, 1.807) is 7.11 Å². The number of fused-ring (bicyclic) bond motifs is 1. The van der Waals surface area contributed by atoms with Gasteiger partial charge in [-0.05, 0) is 49.4 Å². The van der Waals surface area contributed by atoms with Crippen molar-refractivity contribution in [3.05, 3.63) is 65.9 Å². The number of hydrogen-bond donors (Lipinski definition) is 0. The van der Waals surface area contributed by atoms with E-state index in [0.717, 1.165) is 54.9 Å². The first-order valence-corrected chi connectivity index (χ1v) is 9.73.